The number of aryl methyl sites for hydroxylation is 2. The van der Waals surface area contributed by atoms with Gasteiger partial charge in [0.2, 0.25) is 5.91 Å². The number of hydrogen-bond donors (Lipinski definition) is 2. The molecule has 1 saturated carbocycles. The molecule has 1 aliphatic carbocycles. The first-order valence-corrected chi connectivity index (χ1v) is 7.89. The number of halogens is 2. The maximum atomic E-state index is 13.8. The second-order valence-corrected chi connectivity index (χ2v) is 6.37. The normalized spacial score (nSPS) is 18.7. The maximum absolute atomic E-state index is 13.8. The zero-order chi connectivity index (χ0) is 18.3. The van der Waals surface area contributed by atoms with Crippen LogP contribution in [0.2, 0.25) is 0 Å². The minimum Gasteiger partial charge on any atom is -0.478 e. The van der Waals surface area contributed by atoms with Crippen LogP contribution in [0.1, 0.15) is 39.4 Å². The SMILES string of the molecule is Cc1cc(C)c(C(=O)O)cc1NC(=O)C1CC1c1cccc(F)c1F. The number of carbonyl (C=O) groups excluding carboxylic acids is 1. The van der Waals surface area contributed by atoms with Gasteiger partial charge < -0.3 is 10.4 Å². The molecule has 6 heteroatoms. The summed E-state index contributed by atoms with van der Waals surface area (Å²) in [4.78, 5) is 23.6. The lowest BCUT2D eigenvalue weighted by atomic mass is 10.0. The standard InChI is InChI=1S/C19H17F2NO3/c1-9-6-10(2)16(8-12(9)19(24)25)22-18(23)14-7-13(14)11-4-3-5-15(20)17(11)21/h3-6,8,13-14H,7H2,1-2H3,(H,22,23)(H,24,25). The van der Waals surface area contributed by atoms with E-state index in [9.17, 15) is 23.5 Å². The smallest absolute Gasteiger partial charge is 0.336 e. The van der Waals surface area contributed by atoms with Crippen LogP contribution in [0.4, 0.5) is 14.5 Å². The van der Waals surface area contributed by atoms with Crippen molar-refractivity contribution in [3.63, 3.8) is 0 Å². The largest absolute Gasteiger partial charge is 0.478 e. The summed E-state index contributed by atoms with van der Waals surface area (Å²) in [6.45, 7) is 3.45. The zero-order valence-electron chi connectivity index (χ0n) is 13.8. The van der Waals surface area contributed by atoms with Gasteiger partial charge in [0.25, 0.3) is 0 Å². The molecule has 0 aliphatic heterocycles. The van der Waals surface area contributed by atoms with Crippen LogP contribution >= 0.6 is 0 Å². The summed E-state index contributed by atoms with van der Waals surface area (Å²) in [6, 6.07) is 7.06. The highest BCUT2D eigenvalue weighted by Crippen LogP contribution is 2.49. The topological polar surface area (TPSA) is 66.4 Å². The highest BCUT2D eigenvalue weighted by molar-refractivity contribution is 5.98. The van der Waals surface area contributed by atoms with E-state index in [1.54, 1.807) is 19.9 Å². The molecule has 1 fully saturated rings. The molecule has 2 aromatic carbocycles. The van der Waals surface area contributed by atoms with Crippen molar-refractivity contribution in [3.05, 3.63) is 64.2 Å². The molecule has 3 rings (SSSR count). The van der Waals surface area contributed by atoms with E-state index in [2.05, 4.69) is 5.32 Å². The predicted molar refractivity (Wildman–Crippen MR) is 88.7 cm³/mol. The molecule has 0 aromatic heterocycles. The average Bonchev–Trinajstić information content (AvgIpc) is 3.32. The molecule has 130 valence electrons. The van der Waals surface area contributed by atoms with Crippen LogP contribution in [0.5, 0.6) is 0 Å². The van der Waals surface area contributed by atoms with Crippen LogP contribution in [0.15, 0.2) is 30.3 Å². The molecule has 0 saturated heterocycles. The van der Waals surface area contributed by atoms with E-state index >= 15 is 0 Å². The molecule has 2 aromatic rings. The van der Waals surface area contributed by atoms with Crippen molar-refractivity contribution in [2.45, 2.75) is 26.2 Å². The van der Waals surface area contributed by atoms with Gasteiger partial charge >= 0.3 is 5.97 Å². The minimum atomic E-state index is -1.07. The number of hydrogen-bond acceptors (Lipinski definition) is 2. The van der Waals surface area contributed by atoms with Gasteiger partial charge in [-0.05, 0) is 55.0 Å². The Hall–Kier alpha value is -2.76. The Morgan fingerprint density at radius 3 is 2.56 bits per heavy atom. The Balaban J connectivity index is 1.77. The van der Waals surface area contributed by atoms with Crippen molar-refractivity contribution in [2.24, 2.45) is 5.92 Å². The van der Waals surface area contributed by atoms with Gasteiger partial charge in [0.15, 0.2) is 11.6 Å². The zero-order valence-corrected chi connectivity index (χ0v) is 13.8. The highest BCUT2D eigenvalue weighted by Gasteiger charge is 2.45. The fourth-order valence-corrected chi connectivity index (χ4v) is 3.08. The molecule has 25 heavy (non-hydrogen) atoms. The second kappa shape index (κ2) is 6.27. The molecular weight excluding hydrogens is 328 g/mol. The first-order valence-electron chi connectivity index (χ1n) is 7.89. The Kier molecular flexibility index (Phi) is 4.29. The maximum Gasteiger partial charge on any atom is 0.336 e. The quantitative estimate of drug-likeness (QED) is 0.879. The first-order chi connectivity index (χ1) is 11.8. The van der Waals surface area contributed by atoms with Crippen LogP contribution in [0.25, 0.3) is 0 Å². The minimum absolute atomic E-state index is 0.115. The van der Waals surface area contributed by atoms with E-state index < -0.39 is 23.5 Å². The summed E-state index contributed by atoms with van der Waals surface area (Å²) >= 11 is 0. The molecule has 2 N–H and O–H groups in total. The molecule has 0 radical (unpaired) electrons. The van der Waals surface area contributed by atoms with Crippen LogP contribution in [-0.2, 0) is 4.79 Å². The van der Waals surface area contributed by atoms with Crippen molar-refractivity contribution in [2.75, 3.05) is 5.32 Å². The lowest BCUT2D eigenvalue weighted by Gasteiger charge is -2.11. The van der Waals surface area contributed by atoms with Crippen molar-refractivity contribution in [1.29, 1.82) is 0 Å². The van der Waals surface area contributed by atoms with Crippen molar-refractivity contribution < 1.29 is 23.5 Å². The van der Waals surface area contributed by atoms with Crippen LogP contribution in [0.3, 0.4) is 0 Å². The number of carboxylic acids is 1. The van der Waals surface area contributed by atoms with E-state index in [0.717, 1.165) is 11.6 Å². The summed E-state index contributed by atoms with van der Waals surface area (Å²) in [7, 11) is 0. The number of rotatable bonds is 4. The fourth-order valence-electron chi connectivity index (χ4n) is 3.08. The summed E-state index contributed by atoms with van der Waals surface area (Å²) < 4.78 is 27.2. The molecule has 2 atom stereocenters. The Labute approximate surface area is 143 Å². The van der Waals surface area contributed by atoms with Gasteiger partial charge in [-0.25, -0.2) is 13.6 Å². The third-order valence-electron chi connectivity index (χ3n) is 4.57. The number of carboxylic acid groups (broad SMARTS) is 1. The Morgan fingerprint density at radius 1 is 1.16 bits per heavy atom. The summed E-state index contributed by atoms with van der Waals surface area (Å²) in [5.74, 6) is -4.05. The molecule has 1 amide bonds. The number of carbonyl (C=O) groups is 2. The molecular formula is C19H17F2NO3. The lowest BCUT2D eigenvalue weighted by Crippen LogP contribution is -2.16. The molecule has 0 spiro atoms. The van der Waals surface area contributed by atoms with Crippen LogP contribution < -0.4 is 5.32 Å². The van der Waals surface area contributed by atoms with E-state index in [-0.39, 0.29) is 23.0 Å². The summed E-state index contributed by atoms with van der Waals surface area (Å²) in [6.07, 6.45) is 0.433. The van der Waals surface area contributed by atoms with Gasteiger partial charge in [0.05, 0.1) is 5.56 Å². The number of aromatic carboxylic acids is 1. The fraction of sp³-hybridized carbons (Fsp3) is 0.263. The van der Waals surface area contributed by atoms with Gasteiger partial charge in [0.1, 0.15) is 0 Å². The summed E-state index contributed by atoms with van der Waals surface area (Å²) in [5.41, 5.74) is 2.08. The lowest BCUT2D eigenvalue weighted by molar-refractivity contribution is -0.117. The summed E-state index contributed by atoms with van der Waals surface area (Å²) in [5, 5.41) is 11.9. The Morgan fingerprint density at radius 2 is 1.88 bits per heavy atom. The highest BCUT2D eigenvalue weighted by atomic mass is 19.2. The van der Waals surface area contributed by atoms with Crippen LogP contribution in [0, 0.1) is 31.4 Å². The van der Waals surface area contributed by atoms with Gasteiger partial charge in [-0.15, -0.1) is 0 Å². The number of anilines is 1. The average molecular weight is 345 g/mol. The first kappa shape index (κ1) is 17.1. The van der Waals surface area contributed by atoms with Crippen LogP contribution in [-0.4, -0.2) is 17.0 Å². The van der Waals surface area contributed by atoms with Crippen molar-refractivity contribution in [3.8, 4) is 0 Å². The monoisotopic (exact) mass is 345 g/mol. The number of nitrogens with one attached hydrogen (secondary N) is 1. The van der Waals surface area contributed by atoms with Gasteiger partial charge in [-0.1, -0.05) is 18.2 Å². The molecule has 0 bridgehead atoms. The van der Waals surface area contributed by atoms with Gasteiger partial charge in [0, 0.05) is 11.6 Å². The molecule has 2 unspecified atom stereocenters. The van der Waals surface area contributed by atoms with E-state index in [1.807, 2.05) is 0 Å². The predicted octanol–water partition coefficient (Wildman–Crippen LogP) is 4.02. The van der Waals surface area contributed by atoms with Crippen molar-refractivity contribution in [1.82, 2.24) is 0 Å². The molecule has 1 aliphatic rings. The second-order valence-electron chi connectivity index (χ2n) is 6.37. The van der Waals surface area contributed by atoms with Crippen molar-refractivity contribution >= 4 is 17.6 Å². The third kappa shape index (κ3) is 3.24. The van der Waals surface area contributed by atoms with E-state index in [0.29, 0.717) is 17.7 Å². The number of benzene rings is 2. The van der Waals surface area contributed by atoms with Gasteiger partial charge in [-0.2, -0.15) is 0 Å². The van der Waals surface area contributed by atoms with E-state index in [4.69, 9.17) is 0 Å². The molecule has 4 nitrogen and oxygen atoms in total. The van der Waals surface area contributed by atoms with E-state index in [1.165, 1.54) is 18.2 Å². The molecule has 0 heterocycles. The Bertz CT molecular complexity index is 879. The third-order valence-corrected chi connectivity index (χ3v) is 4.57. The number of amides is 1. The van der Waals surface area contributed by atoms with Gasteiger partial charge in [-0.3, -0.25) is 4.79 Å².